The number of hydrogen-bond donors (Lipinski definition) is 2. The number of amides is 1. The molecule has 2 heterocycles. The molecule has 0 aliphatic heterocycles. The van der Waals surface area contributed by atoms with Crippen LogP contribution in [0.5, 0.6) is 0 Å². The van der Waals surface area contributed by atoms with Crippen molar-refractivity contribution in [2.75, 3.05) is 7.11 Å². The molecule has 10 heteroatoms. The number of methoxy groups -OCH3 is 1. The largest absolute Gasteiger partial charge is 0.356 e. The first-order valence-corrected chi connectivity index (χ1v) is 9.97. The molecule has 2 unspecified atom stereocenters. The van der Waals surface area contributed by atoms with Gasteiger partial charge in [0.1, 0.15) is 10.4 Å². The topological polar surface area (TPSA) is 108 Å². The van der Waals surface area contributed by atoms with Gasteiger partial charge in [-0.1, -0.05) is 6.92 Å². The van der Waals surface area contributed by atoms with Gasteiger partial charge in [-0.2, -0.15) is 0 Å². The molecule has 7 nitrogen and oxygen atoms in total. The molecule has 0 saturated carbocycles. The number of carbonyl (C=O) groups excluding carboxylic acids is 1. The fourth-order valence-corrected chi connectivity index (χ4v) is 5.05. The summed E-state index contributed by atoms with van der Waals surface area (Å²) in [5.41, 5.74) is 0. The summed E-state index contributed by atoms with van der Waals surface area (Å²) in [6.45, 7) is 3.63. The first kappa shape index (κ1) is 18.3. The molecular formula is C13H18N2O5S3. The van der Waals surface area contributed by atoms with Gasteiger partial charge >= 0.3 is 0 Å². The Morgan fingerprint density at radius 2 is 2.09 bits per heavy atom. The number of rotatable bonds is 7. The predicted octanol–water partition coefficient (Wildman–Crippen LogP) is 2.09. The van der Waals surface area contributed by atoms with Gasteiger partial charge in [0.15, 0.2) is 6.29 Å². The Balaban J connectivity index is 2.13. The van der Waals surface area contributed by atoms with Crippen molar-refractivity contribution in [2.45, 2.75) is 37.0 Å². The van der Waals surface area contributed by atoms with Gasteiger partial charge in [0.05, 0.1) is 8.89 Å². The summed E-state index contributed by atoms with van der Waals surface area (Å²) in [4.78, 5) is 12.8. The minimum Gasteiger partial charge on any atom is -0.356 e. The molecule has 0 radical (unpaired) electrons. The van der Waals surface area contributed by atoms with Crippen LogP contribution < -0.4 is 10.5 Å². The maximum absolute atomic E-state index is 12.3. The Labute approximate surface area is 142 Å². The highest BCUT2D eigenvalue weighted by atomic mass is 32.2. The minimum absolute atomic E-state index is 0.0920. The monoisotopic (exact) mass is 378 g/mol. The third-order valence-corrected chi connectivity index (χ3v) is 6.86. The van der Waals surface area contributed by atoms with Gasteiger partial charge in [-0.05, 0) is 25.5 Å². The lowest BCUT2D eigenvalue weighted by atomic mass is 10.3. The fourth-order valence-electron chi connectivity index (χ4n) is 1.81. The molecular weight excluding hydrogens is 360 g/mol. The number of ether oxygens (including phenoxy) is 2. The lowest BCUT2D eigenvalue weighted by molar-refractivity contribution is -0.149. The molecule has 0 spiro atoms. The quantitative estimate of drug-likeness (QED) is 0.717. The van der Waals surface area contributed by atoms with Gasteiger partial charge in [0.2, 0.25) is 10.0 Å². The zero-order valence-corrected chi connectivity index (χ0v) is 15.3. The number of hydrogen-bond acceptors (Lipinski definition) is 7. The second-order valence-electron chi connectivity index (χ2n) is 4.77. The van der Waals surface area contributed by atoms with Crippen molar-refractivity contribution in [1.82, 2.24) is 5.32 Å². The molecule has 1 amide bonds. The first-order valence-electron chi connectivity index (χ1n) is 6.80. The van der Waals surface area contributed by atoms with Crippen LogP contribution in [-0.4, -0.2) is 34.0 Å². The molecule has 0 aliphatic carbocycles. The molecule has 2 rings (SSSR count). The third-order valence-electron chi connectivity index (χ3n) is 3.05. The molecule has 2 aromatic rings. The standard InChI is InChI=1S/C13H18N2O5S3/c1-4-10(20-7(2)19-3)15-12(16)9-5-8-6-11(23(14,17)18)22-13(8)21-9/h5-7,10H,4H2,1-3H3,(H,15,16)(H2,14,17,18). The van der Waals surface area contributed by atoms with E-state index >= 15 is 0 Å². The van der Waals surface area contributed by atoms with E-state index in [2.05, 4.69) is 5.32 Å². The van der Waals surface area contributed by atoms with Gasteiger partial charge in [-0.15, -0.1) is 22.7 Å². The third kappa shape index (κ3) is 4.49. The van der Waals surface area contributed by atoms with E-state index in [1.165, 1.54) is 24.5 Å². The maximum Gasteiger partial charge on any atom is 0.263 e. The van der Waals surface area contributed by atoms with E-state index in [4.69, 9.17) is 14.6 Å². The molecule has 128 valence electrons. The van der Waals surface area contributed by atoms with Crippen LogP contribution in [0.1, 0.15) is 29.9 Å². The average molecular weight is 378 g/mol. The number of thiophene rings is 2. The second-order valence-corrected chi connectivity index (χ2v) is 8.92. The highest BCUT2D eigenvalue weighted by Crippen LogP contribution is 2.35. The van der Waals surface area contributed by atoms with Crippen molar-refractivity contribution < 1.29 is 22.7 Å². The van der Waals surface area contributed by atoms with E-state index in [1.54, 1.807) is 13.0 Å². The van der Waals surface area contributed by atoms with E-state index in [0.717, 1.165) is 15.4 Å². The minimum atomic E-state index is -3.72. The summed E-state index contributed by atoms with van der Waals surface area (Å²) in [6.07, 6.45) is -0.295. The first-order chi connectivity index (χ1) is 10.7. The van der Waals surface area contributed by atoms with Crippen molar-refractivity contribution >= 4 is 48.0 Å². The van der Waals surface area contributed by atoms with Crippen LogP contribution in [0.4, 0.5) is 0 Å². The van der Waals surface area contributed by atoms with Gasteiger partial charge in [-0.3, -0.25) is 4.79 Å². The van der Waals surface area contributed by atoms with E-state index in [1.807, 2.05) is 6.92 Å². The van der Waals surface area contributed by atoms with E-state index in [9.17, 15) is 13.2 Å². The maximum atomic E-state index is 12.3. The van der Waals surface area contributed by atoms with Crippen LogP contribution in [0, 0.1) is 0 Å². The van der Waals surface area contributed by atoms with E-state index in [0.29, 0.717) is 16.7 Å². The highest BCUT2D eigenvalue weighted by Gasteiger charge is 2.19. The molecule has 3 N–H and O–H groups in total. The van der Waals surface area contributed by atoms with Gasteiger partial charge in [-0.25, -0.2) is 13.6 Å². The average Bonchev–Trinajstić information content (AvgIpc) is 3.04. The molecule has 0 aliphatic rings. The van der Waals surface area contributed by atoms with Crippen molar-refractivity contribution in [3.05, 3.63) is 17.0 Å². The van der Waals surface area contributed by atoms with Crippen molar-refractivity contribution in [3.8, 4) is 0 Å². The fraction of sp³-hybridized carbons (Fsp3) is 0.462. The van der Waals surface area contributed by atoms with E-state index in [-0.39, 0.29) is 10.1 Å². The number of primary sulfonamides is 1. The van der Waals surface area contributed by atoms with E-state index < -0.39 is 22.5 Å². The van der Waals surface area contributed by atoms with Crippen molar-refractivity contribution in [2.24, 2.45) is 5.14 Å². The Hall–Kier alpha value is -1.04. The lowest BCUT2D eigenvalue weighted by Gasteiger charge is -2.21. The van der Waals surface area contributed by atoms with Gasteiger partial charge in [0, 0.05) is 12.5 Å². The van der Waals surface area contributed by atoms with Crippen LogP contribution in [0.15, 0.2) is 16.3 Å². The summed E-state index contributed by atoms with van der Waals surface area (Å²) in [6, 6.07) is 3.12. The van der Waals surface area contributed by atoms with Crippen LogP contribution in [-0.2, 0) is 19.5 Å². The Bertz CT molecular complexity index is 764. The summed E-state index contributed by atoms with van der Waals surface area (Å²) < 4.78 is 34.0. The molecule has 0 aromatic carbocycles. The molecule has 0 fully saturated rings. The zero-order valence-electron chi connectivity index (χ0n) is 12.9. The van der Waals surface area contributed by atoms with Crippen LogP contribution in [0.3, 0.4) is 0 Å². The SMILES string of the molecule is CCC(NC(=O)c1cc2cc(S(N)(=O)=O)sc2s1)OC(C)OC. The van der Waals surface area contributed by atoms with Gasteiger partial charge < -0.3 is 14.8 Å². The van der Waals surface area contributed by atoms with Crippen LogP contribution >= 0.6 is 22.7 Å². The summed E-state index contributed by atoms with van der Waals surface area (Å²) in [5, 5.41) is 8.56. The highest BCUT2D eigenvalue weighted by molar-refractivity contribution is 7.91. The van der Waals surface area contributed by atoms with Crippen LogP contribution in [0.2, 0.25) is 0 Å². The lowest BCUT2D eigenvalue weighted by Crippen LogP contribution is -2.38. The number of sulfonamides is 1. The smallest absolute Gasteiger partial charge is 0.263 e. The number of fused-ring (bicyclic) bond motifs is 1. The molecule has 0 bridgehead atoms. The number of nitrogens with one attached hydrogen (secondary N) is 1. The Morgan fingerprint density at radius 1 is 1.39 bits per heavy atom. The number of carbonyl (C=O) groups is 1. The second kappa shape index (κ2) is 7.24. The zero-order chi connectivity index (χ0) is 17.2. The Morgan fingerprint density at radius 3 is 2.61 bits per heavy atom. The summed E-state index contributed by atoms with van der Waals surface area (Å²) in [5.74, 6) is -0.272. The Kier molecular flexibility index (Phi) is 5.76. The molecule has 0 saturated heterocycles. The predicted molar refractivity (Wildman–Crippen MR) is 90.2 cm³/mol. The molecule has 23 heavy (non-hydrogen) atoms. The molecule has 2 atom stereocenters. The molecule has 2 aromatic heterocycles. The van der Waals surface area contributed by atoms with Crippen LogP contribution in [0.25, 0.3) is 9.40 Å². The number of nitrogens with two attached hydrogens (primary N) is 1. The summed E-state index contributed by atoms with van der Waals surface area (Å²) >= 11 is 2.27. The van der Waals surface area contributed by atoms with Crippen molar-refractivity contribution in [3.63, 3.8) is 0 Å². The normalized spacial score (nSPS) is 14.8. The van der Waals surface area contributed by atoms with Gasteiger partial charge in [0.25, 0.3) is 5.91 Å². The summed E-state index contributed by atoms with van der Waals surface area (Å²) in [7, 11) is -2.19. The van der Waals surface area contributed by atoms with Crippen molar-refractivity contribution in [1.29, 1.82) is 0 Å².